The Morgan fingerprint density at radius 3 is 2.15 bits per heavy atom. The number of rotatable bonds is 4. The molecule has 142 valence electrons. The monoisotopic (exact) mass is 400 g/mol. The number of aromatic nitrogens is 1. The van der Waals surface area contributed by atoms with Gasteiger partial charge in [-0.05, 0) is 36.2 Å². The second-order valence-electron chi connectivity index (χ2n) is 5.74. The number of nitrogens with two attached hydrogens (primary N) is 1. The van der Waals surface area contributed by atoms with Gasteiger partial charge in [0.15, 0.2) is 17.3 Å². The van der Waals surface area contributed by atoms with E-state index in [1.54, 1.807) is 0 Å². The zero-order valence-electron chi connectivity index (χ0n) is 13.8. The van der Waals surface area contributed by atoms with Gasteiger partial charge in [-0.3, -0.25) is 0 Å². The van der Waals surface area contributed by atoms with Gasteiger partial charge >= 0.3 is 0 Å². The minimum absolute atomic E-state index is 0.0521. The molecule has 27 heavy (non-hydrogen) atoms. The number of alkyl halides is 1. The lowest BCUT2D eigenvalue weighted by Crippen LogP contribution is -2.16. The van der Waals surface area contributed by atoms with Crippen LogP contribution in [0.3, 0.4) is 0 Å². The van der Waals surface area contributed by atoms with Crippen LogP contribution in [0, 0.1) is 24.4 Å². The molecule has 0 aliphatic heterocycles. The van der Waals surface area contributed by atoms with Crippen LogP contribution in [-0.2, 0) is 16.7 Å². The summed E-state index contributed by atoms with van der Waals surface area (Å²) in [5.41, 5.74) is 0.127. The Balaban J connectivity index is 2.26. The number of sulfonamides is 1. The standard InChI is InChI=1S/C17H12F4N2O3S/c1-8-2-3-9(4-11(8)19)16-15(14(7-18)26-23-16)10-5-12(20)17(13(21)6-10)27(22,24)25/h2-6H,7H2,1H3,(H2,22,24,25). The van der Waals surface area contributed by atoms with Gasteiger partial charge in [-0.2, -0.15) is 0 Å². The quantitative estimate of drug-likeness (QED) is 0.674. The fourth-order valence-corrected chi connectivity index (χ4v) is 3.29. The van der Waals surface area contributed by atoms with E-state index in [1.807, 2.05) is 0 Å². The van der Waals surface area contributed by atoms with Crippen LogP contribution >= 0.6 is 0 Å². The minimum Gasteiger partial charge on any atom is -0.357 e. The van der Waals surface area contributed by atoms with Gasteiger partial charge < -0.3 is 4.52 Å². The highest BCUT2D eigenvalue weighted by Crippen LogP contribution is 2.37. The number of hydrogen-bond acceptors (Lipinski definition) is 4. The Bertz CT molecular complexity index is 1120. The molecular formula is C17H12F4N2O3S. The predicted molar refractivity (Wildman–Crippen MR) is 88.2 cm³/mol. The molecule has 0 aliphatic carbocycles. The molecule has 5 nitrogen and oxygen atoms in total. The second kappa shape index (κ2) is 6.78. The van der Waals surface area contributed by atoms with E-state index in [9.17, 15) is 26.0 Å². The largest absolute Gasteiger partial charge is 0.357 e. The fraction of sp³-hybridized carbons (Fsp3) is 0.118. The van der Waals surface area contributed by atoms with Gasteiger partial charge in [0.1, 0.15) is 23.1 Å². The topological polar surface area (TPSA) is 86.2 Å². The lowest BCUT2D eigenvalue weighted by Gasteiger charge is -2.08. The molecule has 0 bridgehead atoms. The number of aryl methyl sites for hydroxylation is 1. The fourth-order valence-electron chi connectivity index (χ4n) is 2.63. The van der Waals surface area contributed by atoms with Crippen molar-refractivity contribution in [3.05, 3.63) is 59.1 Å². The van der Waals surface area contributed by atoms with Crippen LogP contribution in [0.25, 0.3) is 22.4 Å². The molecule has 3 rings (SSSR count). The Morgan fingerprint density at radius 1 is 1.04 bits per heavy atom. The molecule has 0 saturated carbocycles. The third-order valence-corrected chi connectivity index (χ3v) is 4.86. The highest BCUT2D eigenvalue weighted by molar-refractivity contribution is 7.89. The SMILES string of the molecule is Cc1ccc(-c2noc(CF)c2-c2cc(F)c(S(N)(=O)=O)c(F)c2)cc1F. The normalized spacial score (nSPS) is 11.8. The van der Waals surface area contributed by atoms with Crippen molar-refractivity contribution in [2.75, 3.05) is 0 Å². The molecule has 1 heterocycles. The first-order valence-electron chi connectivity index (χ1n) is 7.46. The van der Waals surface area contributed by atoms with E-state index in [0.29, 0.717) is 17.7 Å². The molecular weight excluding hydrogens is 388 g/mol. The van der Waals surface area contributed by atoms with Crippen LogP contribution < -0.4 is 5.14 Å². The summed E-state index contributed by atoms with van der Waals surface area (Å²) < 4.78 is 83.0. The highest BCUT2D eigenvalue weighted by atomic mass is 32.2. The van der Waals surface area contributed by atoms with E-state index in [1.165, 1.54) is 19.1 Å². The van der Waals surface area contributed by atoms with E-state index < -0.39 is 39.0 Å². The third-order valence-electron chi connectivity index (χ3n) is 3.90. The molecule has 0 unspecified atom stereocenters. The van der Waals surface area contributed by atoms with E-state index in [-0.39, 0.29) is 28.1 Å². The minimum atomic E-state index is -4.65. The second-order valence-corrected chi connectivity index (χ2v) is 7.24. The van der Waals surface area contributed by atoms with Crippen molar-refractivity contribution in [2.24, 2.45) is 5.14 Å². The van der Waals surface area contributed by atoms with E-state index in [2.05, 4.69) is 5.16 Å². The maximum absolute atomic E-state index is 14.2. The summed E-state index contributed by atoms with van der Waals surface area (Å²) >= 11 is 0. The zero-order chi connectivity index (χ0) is 19.9. The molecule has 2 N–H and O–H groups in total. The van der Waals surface area contributed by atoms with Gasteiger partial charge in [-0.15, -0.1) is 0 Å². The van der Waals surface area contributed by atoms with E-state index in [0.717, 1.165) is 6.07 Å². The van der Waals surface area contributed by atoms with Gasteiger partial charge in [-0.1, -0.05) is 17.3 Å². The van der Waals surface area contributed by atoms with Crippen molar-refractivity contribution >= 4 is 10.0 Å². The van der Waals surface area contributed by atoms with Crippen LogP contribution in [0.1, 0.15) is 11.3 Å². The summed E-state index contributed by atoms with van der Waals surface area (Å²) in [5, 5.41) is 8.46. The van der Waals surface area contributed by atoms with Crippen molar-refractivity contribution in [1.29, 1.82) is 0 Å². The average molecular weight is 400 g/mol. The van der Waals surface area contributed by atoms with E-state index >= 15 is 0 Å². The van der Waals surface area contributed by atoms with Crippen LogP contribution in [0.2, 0.25) is 0 Å². The number of hydrogen-bond donors (Lipinski definition) is 1. The first-order valence-corrected chi connectivity index (χ1v) is 9.01. The maximum atomic E-state index is 14.2. The van der Waals surface area contributed by atoms with Crippen LogP contribution in [0.5, 0.6) is 0 Å². The van der Waals surface area contributed by atoms with Gasteiger partial charge in [0.2, 0.25) is 10.0 Å². The van der Waals surface area contributed by atoms with Crippen LogP contribution in [0.4, 0.5) is 17.6 Å². The summed E-state index contributed by atoms with van der Waals surface area (Å²) in [4.78, 5) is -1.31. The Morgan fingerprint density at radius 2 is 1.63 bits per heavy atom. The summed E-state index contributed by atoms with van der Waals surface area (Å²) in [5.74, 6) is -3.84. The summed E-state index contributed by atoms with van der Waals surface area (Å²) in [6.45, 7) is 0.378. The summed E-state index contributed by atoms with van der Waals surface area (Å²) in [7, 11) is -4.65. The lowest BCUT2D eigenvalue weighted by molar-refractivity contribution is 0.332. The number of primary sulfonamides is 1. The van der Waals surface area contributed by atoms with Crippen molar-refractivity contribution in [2.45, 2.75) is 18.5 Å². The Labute approximate surface area is 151 Å². The molecule has 0 amide bonds. The number of halogens is 4. The van der Waals surface area contributed by atoms with Crippen molar-refractivity contribution in [3.63, 3.8) is 0 Å². The van der Waals surface area contributed by atoms with Gasteiger partial charge in [0.05, 0.1) is 5.56 Å². The first-order chi connectivity index (χ1) is 12.6. The van der Waals surface area contributed by atoms with Crippen molar-refractivity contribution in [1.82, 2.24) is 5.16 Å². The maximum Gasteiger partial charge on any atom is 0.243 e. The molecule has 10 heteroatoms. The third kappa shape index (κ3) is 3.45. The van der Waals surface area contributed by atoms with Gasteiger partial charge in [0.25, 0.3) is 0 Å². The van der Waals surface area contributed by atoms with E-state index in [4.69, 9.17) is 9.66 Å². The summed E-state index contributed by atoms with van der Waals surface area (Å²) in [6.07, 6.45) is 0. The molecule has 2 aromatic carbocycles. The van der Waals surface area contributed by atoms with Crippen molar-refractivity contribution in [3.8, 4) is 22.4 Å². The number of nitrogens with zero attached hydrogens (tertiary/aromatic N) is 1. The highest BCUT2D eigenvalue weighted by Gasteiger charge is 2.26. The lowest BCUT2D eigenvalue weighted by atomic mass is 9.98. The molecule has 0 saturated heterocycles. The van der Waals surface area contributed by atoms with Gasteiger partial charge in [-0.25, -0.2) is 31.1 Å². The average Bonchev–Trinajstić information content (AvgIpc) is 2.99. The van der Waals surface area contributed by atoms with Crippen LogP contribution in [0.15, 0.2) is 39.8 Å². The molecule has 0 aliphatic rings. The van der Waals surface area contributed by atoms with Gasteiger partial charge in [0, 0.05) is 5.56 Å². The molecule has 0 atom stereocenters. The predicted octanol–water partition coefficient (Wildman–Crippen LogP) is 3.85. The Kier molecular flexibility index (Phi) is 4.79. The smallest absolute Gasteiger partial charge is 0.243 e. The molecule has 0 spiro atoms. The summed E-state index contributed by atoms with van der Waals surface area (Å²) in [6, 6.07) is 5.38. The number of benzene rings is 2. The Hall–Kier alpha value is -2.72. The molecule has 0 radical (unpaired) electrons. The molecule has 1 aromatic heterocycles. The van der Waals surface area contributed by atoms with Crippen molar-refractivity contribution < 1.29 is 30.5 Å². The zero-order valence-corrected chi connectivity index (χ0v) is 14.6. The van der Waals surface area contributed by atoms with Crippen LogP contribution in [-0.4, -0.2) is 13.6 Å². The molecule has 3 aromatic rings. The molecule has 0 fully saturated rings. The first kappa shape index (κ1) is 19.1.